The Kier molecular flexibility index (Phi) is 5.21. The molecule has 0 aromatic heterocycles. The van der Waals surface area contributed by atoms with Gasteiger partial charge in [0, 0.05) is 0 Å². The molecule has 31 heavy (non-hydrogen) atoms. The van der Waals surface area contributed by atoms with Gasteiger partial charge in [-0.2, -0.15) is 0 Å². The fourth-order valence-corrected chi connectivity index (χ4v) is 12.3. The van der Waals surface area contributed by atoms with E-state index in [1.54, 1.807) is 10.4 Å². The summed E-state index contributed by atoms with van der Waals surface area (Å²) in [6.07, 6.45) is 0. The van der Waals surface area contributed by atoms with Gasteiger partial charge in [-0.15, -0.1) is 0 Å². The zero-order valence-corrected chi connectivity index (χ0v) is 21.7. The van der Waals surface area contributed by atoms with E-state index < -0.39 is 25.7 Å². The van der Waals surface area contributed by atoms with Crippen molar-refractivity contribution < 1.29 is 0 Å². The number of fused-ring (bicyclic) bond motifs is 3. The van der Waals surface area contributed by atoms with E-state index in [0.29, 0.717) is 0 Å². The molecular weight excluding hydrogens is 421 g/mol. The van der Waals surface area contributed by atoms with Gasteiger partial charge in [0.25, 0.3) is 0 Å². The molecule has 2 radical (unpaired) electrons. The minimum absolute atomic E-state index is 0.526. The first kappa shape index (κ1) is 20.4. The predicted octanol–water partition coefficient (Wildman–Crippen LogP) is 2.97. The maximum atomic E-state index is 2.58. The number of hydrogen-bond acceptors (Lipinski definition) is 0. The Morgan fingerprint density at radius 1 is 0.484 bits per heavy atom. The third-order valence-electron chi connectivity index (χ3n) is 6.71. The lowest BCUT2D eigenvalue weighted by Crippen LogP contribution is -2.73. The summed E-state index contributed by atoms with van der Waals surface area (Å²) in [4.78, 5) is 0. The van der Waals surface area contributed by atoms with Crippen molar-refractivity contribution >= 4 is 56.8 Å². The standard InChI is InChI=1S/C28H28Si3/c1-29(2)21-15-17-25-26-18-16-22(30(3)4)20-28(26)31(27(25)19-21,23-11-7-5-8-12-23)24-13-9-6-10-14-24/h5-20H,1-4H3. The SMILES string of the molecule is C[Si](C)c1ccc2c(c1)[Si](c1ccccc1)(c1ccccc1)c1cc([Si](C)C)ccc1-2. The second-order valence-electron chi connectivity index (χ2n) is 9.00. The smallest absolute Gasteiger partial charge is 0.0671 e. The molecule has 4 aromatic rings. The Labute approximate surface area is 190 Å². The molecule has 1 heterocycles. The fourth-order valence-electron chi connectivity index (χ4n) is 5.11. The first-order chi connectivity index (χ1) is 15.0. The second kappa shape index (κ2) is 7.90. The van der Waals surface area contributed by atoms with E-state index >= 15 is 0 Å². The quantitative estimate of drug-likeness (QED) is 0.371. The summed E-state index contributed by atoms with van der Waals surface area (Å²) in [7, 11) is -3.40. The van der Waals surface area contributed by atoms with Gasteiger partial charge in [0.2, 0.25) is 0 Å². The van der Waals surface area contributed by atoms with Gasteiger partial charge in [0.15, 0.2) is 8.07 Å². The predicted molar refractivity (Wildman–Crippen MR) is 143 cm³/mol. The van der Waals surface area contributed by atoms with Gasteiger partial charge in [-0.1, -0.05) is 134 Å². The van der Waals surface area contributed by atoms with Crippen LogP contribution in [0.25, 0.3) is 11.1 Å². The Morgan fingerprint density at radius 3 is 1.23 bits per heavy atom. The van der Waals surface area contributed by atoms with Gasteiger partial charge in [-0.3, -0.25) is 0 Å². The molecule has 0 unspecified atom stereocenters. The summed E-state index contributed by atoms with van der Waals surface area (Å²) in [6, 6.07) is 37.5. The maximum Gasteiger partial charge on any atom is 0.180 e. The minimum atomic E-state index is -2.35. The van der Waals surface area contributed by atoms with Gasteiger partial charge in [-0.05, 0) is 31.9 Å². The topological polar surface area (TPSA) is 0 Å². The van der Waals surface area contributed by atoms with Crippen molar-refractivity contribution in [3.8, 4) is 11.1 Å². The van der Waals surface area contributed by atoms with Crippen LogP contribution in [-0.4, -0.2) is 25.7 Å². The fraction of sp³-hybridized carbons (Fsp3) is 0.143. The second-order valence-corrected chi connectivity index (χ2v) is 17.9. The molecule has 0 bridgehead atoms. The van der Waals surface area contributed by atoms with Crippen molar-refractivity contribution in [1.82, 2.24) is 0 Å². The van der Waals surface area contributed by atoms with Gasteiger partial charge >= 0.3 is 0 Å². The molecular formula is C28H28Si3. The van der Waals surface area contributed by atoms with Crippen LogP contribution in [0.5, 0.6) is 0 Å². The van der Waals surface area contributed by atoms with Gasteiger partial charge < -0.3 is 0 Å². The zero-order valence-electron chi connectivity index (χ0n) is 18.7. The summed E-state index contributed by atoms with van der Waals surface area (Å²) in [5, 5.41) is 9.24. The molecule has 0 saturated carbocycles. The third kappa shape index (κ3) is 3.15. The highest BCUT2D eigenvalue weighted by molar-refractivity contribution is 7.22. The summed E-state index contributed by atoms with van der Waals surface area (Å²) >= 11 is 0. The Balaban J connectivity index is 1.96. The normalized spacial score (nSPS) is 14.0. The number of hydrogen-bond donors (Lipinski definition) is 0. The lowest BCUT2D eigenvalue weighted by Gasteiger charge is -2.32. The molecule has 0 aliphatic carbocycles. The summed E-state index contributed by atoms with van der Waals surface area (Å²) < 4.78 is 0. The van der Waals surface area contributed by atoms with E-state index in [1.165, 1.54) is 31.9 Å². The average Bonchev–Trinajstić information content (AvgIpc) is 3.10. The molecule has 3 heteroatoms. The zero-order chi connectivity index (χ0) is 21.6. The molecule has 0 atom stereocenters. The molecule has 1 aliphatic heterocycles. The molecule has 0 amide bonds. The molecule has 152 valence electrons. The number of rotatable bonds is 4. The van der Waals surface area contributed by atoms with E-state index in [1.807, 2.05) is 0 Å². The molecule has 0 spiro atoms. The number of benzene rings is 4. The van der Waals surface area contributed by atoms with Crippen LogP contribution < -0.4 is 31.1 Å². The van der Waals surface area contributed by atoms with Crippen LogP contribution >= 0.6 is 0 Å². The monoisotopic (exact) mass is 448 g/mol. The van der Waals surface area contributed by atoms with Crippen LogP contribution in [0.3, 0.4) is 0 Å². The van der Waals surface area contributed by atoms with E-state index in [4.69, 9.17) is 0 Å². The highest BCUT2D eigenvalue weighted by atomic mass is 28.3. The van der Waals surface area contributed by atoms with Gasteiger partial charge in [0.05, 0.1) is 17.6 Å². The molecule has 0 nitrogen and oxygen atoms in total. The summed E-state index contributed by atoms with van der Waals surface area (Å²) in [5.41, 5.74) is 2.91. The van der Waals surface area contributed by atoms with Crippen LogP contribution in [0.4, 0.5) is 0 Å². The van der Waals surface area contributed by atoms with Crippen molar-refractivity contribution in [2.45, 2.75) is 26.2 Å². The largest absolute Gasteiger partial charge is 0.180 e. The van der Waals surface area contributed by atoms with Crippen molar-refractivity contribution in [1.29, 1.82) is 0 Å². The van der Waals surface area contributed by atoms with E-state index in [-0.39, 0.29) is 0 Å². The van der Waals surface area contributed by atoms with Crippen LogP contribution in [-0.2, 0) is 0 Å². The van der Waals surface area contributed by atoms with E-state index in [9.17, 15) is 0 Å². The Hall–Kier alpha value is -2.47. The van der Waals surface area contributed by atoms with E-state index in [2.05, 4.69) is 123 Å². The van der Waals surface area contributed by atoms with Gasteiger partial charge in [-0.25, -0.2) is 0 Å². The summed E-state index contributed by atoms with van der Waals surface area (Å²) in [5.74, 6) is 0. The van der Waals surface area contributed by atoms with Crippen LogP contribution in [0.2, 0.25) is 26.2 Å². The molecule has 5 rings (SSSR count). The van der Waals surface area contributed by atoms with Gasteiger partial charge in [0.1, 0.15) is 0 Å². The summed E-state index contributed by atoms with van der Waals surface area (Å²) in [6.45, 7) is 9.63. The highest BCUT2D eigenvalue weighted by Gasteiger charge is 2.48. The Bertz CT molecular complexity index is 1130. The van der Waals surface area contributed by atoms with Crippen molar-refractivity contribution in [2.75, 3.05) is 0 Å². The van der Waals surface area contributed by atoms with Crippen molar-refractivity contribution in [2.24, 2.45) is 0 Å². The van der Waals surface area contributed by atoms with Crippen molar-refractivity contribution in [3.63, 3.8) is 0 Å². The maximum absolute atomic E-state index is 2.58. The first-order valence-corrected chi connectivity index (χ1v) is 18.0. The van der Waals surface area contributed by atoms with E-state index in [0.717, 1.165) is 0 Å². The first-order valence-electron chi connectivity index (χ1n) is 11.0. The van der Waals surface area contributed by atoms with Crippen LogP contribution in [0, 0.1) is 0 Å². The lowest BCUT2D eigenvalue weighted by molar-refractivity contribution is 1.71. The molecule has 4 aromatic carbocycles. The lowest BCUT2D eigenvalue weighted by atomic mass is 10.1. The van der Waals surface area contributed by atoms with Crippen LogP contribution in [0.1, 0.15) is 0 Å². The van der Waals surface area contributed by atoms with Crippen molar-refractivity contribution in [3.05, 3.63) is 97.1 Å². The molecule has 0 N–H and O–H groups in total. The molecule has 0 saturated heterocycles. The average molecular weight is 449 g/mol. The van der Waals surface area contributed by atoms with Crippen LogP contribution in [0.15, 0.2) is 97.1 Å². The highest BCUT2D eigenvalue weighted by Crippen LogP contribution is 2.27. The third-order valence-corrected chi connectivity index (χ3v) is 14.5. The molecule has 1 aliphatic rings. The molecule has 0 fully saturated rings. The minimum Gasteiger partial charge on any atom is -0.0671 e. The Morgan fingerprint density at radius 2 is 0.871 bits per heavy atom.